The van der Waals surface area contributed by atoms with Crippen LogP contribution in [0.4, 0.5) is 18.0 Å². The molecule has 4 N–H and O–H groups in total. The van der Waals surface area contributed by atoms with Gasteiger partial charge in [-0.1, -0.05) is 23.7 Å². The van der Waals surface area contributed by atoms with Gasteiger partial charge in [-0.2, -0.15) is 13.2 Å². The summed E-state index contributed by atoms with van der Waals surface area (Å²) in [7, 11) is 0. The van der Waals surface area contributed by atoms with E-state index in [0.717, 1.165) is 6.20 Å². The maximum Gasteiger partial charge on any atom is 0.449 e. The molecule has 1 aliphatic rings. The Morgan fingerprint density at radius 3 is 2.54 bits per heavy atom. The van der Waals surface area contributed by atoms with Crippen LogP contribution in [-0.4, -0.2) is 34.5 Å². The molecule has 0 radical (unpaired) electrons. The van der Waals surface area contributed by atoms with Crippen molar-refractivity contribution in [3.05, 3.63) is 52.6 Å². The topological polar surface area (TPSA) is 98.9 Å². The van der Waals surface area contributed by atoms with E-state index in [4.69, 9.17) is 11.6 Å². The van der Waals surface area contributed by atoms with Crippen molar-refractivity contribution in [1.82, 2.24) is 25.9 Å². The van der Waals surface area contributed by atoms with Gasteiger partial charge in [0.2, 0.25) is 11.7 Å². The van der Waals surface area contributed by atoms with Crippen LogP contribution in [0.3, 0.4) is 0 Å². The Morgan fingerprint density at radius 1 is 1.31 bits per heavy atom. The quantitative estimate of drug-likeness (QED) is 0.645. The fraction of sp³-hybridized carbons (Fsp3) is 0.267. The number of carbonyl (C=O) groups is 2. The van der Waals surface area contributed by atoms with Crippen LogP contribution >= 0.6 is 11.6 Å². The summed E-state index contributed by atoms with van der Waals surface area (Å²) in [6, 6.07) is 4.00. The Balaban J connectivity index is 1.89. The lowest BCUT2D eigenvalue weighted by molar-refractivity contribution is -0.144. The smallest absolute Gasteiger partial charge is 0.342 e. The summed E-state index contributed by atoms with van der Waals surface area (Å²) < 4.78 is 38.5. The molecule has 2 unspecified atom stereocenters. The van der Waals surface area contributed by atoms with E-state index < -0.39 is 36.0 Å². The Hall–Kier alpha value is -2.75. The summed E-state index contributed by atoms with van der Waals surface area (Å²) in [5.74, 6) is -1.72. The zero-order valence-electron chi connectivity index (χ0n) is 13.0. The largest absolute Gasteiger partial charge is 0.449 e. The zero-order chi connectivity index (χ0) is 18.9. The molecule has 1 aliphatic heterocycles. The zero-order valence-corrected chi connectivity index (χ0v) is 13.8. The molecule has 0 aliphatic carbocycles. The average Bonchev–Trinajstić information content (AvgIpc) is 3.22. The molecule has 1 aromatic heterocycles. The lowest BCUT2D eigenvalue weighted by atomic mass is 10.0. The minimum Gasteiger partial charge on any atom is -0.342 e. The number of rotatable bonds is 4. The van der Waals surface area contributed by atoms with Gasteiger partial charge in [0.15, 0.2) is 0 Å². The number of imidazole rings is 1. The molecule has 26 heavy (non-hydrogen) atoms. The molecule has 1 saturated heterocycles. The highest BCUT2D eigenvalue weighted by atomic mass is 35.5. The molecule has 11 heteroatoms. The van der Waals surface area contributed by atoms with Crippen LogP contribution in [0.5, 0.6) is 0 Å². The molecule has 138 valence electrons. The maximum atomic E-state index is 12.8. The first kappa shape index (κ1) is 18.1. The van der Waals surface area contributed by atoms with Gasteiger partial charge in [-0.25, -0.2) is 9.78 Å². The molecule has 1 aromatic carbocycles. The lowest BCUT2D eigenvalue weighted by Gasteiger charge is -2.20. The highest BCUT2D eigenvalue weighted by Gasteiger charge is 2.36. The van der Waals surface area contributed by atoms with Gasteiger partial charge in [-0.15, -0.1) is 0 Å². The van der Waals surface area contributed by atoms with E-state index >= 15 is 0 Å². The van der Waals surface area contributed by atoms with Gasteiger partial charge in [0.1, 0.15) is 6.04 Å². The number of H-pyrrole nitrogens is 1. The molecule has 0 bridgehead atoms. The van der Waals surface area contributed by atoms with Crippen molar-refractivity contribution in [2.75, 3.05) is 6.54 Å². The van der Waals surface area contributed by atoms with Gasteiger partial charge in [-0.3, -0.25) is 4.79 Å². The van der Waals surface area contributed by atoms with Crippen molar-refractivity contribution in [1.29, 1.82) is 0 Å². The van der Waals surface area contributed by atoms with Gasteiger partial charge in [-0.05, 0) is 17.7 Å². The monoisotopic (exact) mass is 387 g/mol. The third-order valence-electron chi connectivity index (χ3n) is 3.75. The van der Waals surface area contributed by atoms with E-state index in [-0.39, 0.29) is 12.2 Å². The number of benzene rings is 1. The number of urea groups is 1. The second-order valence-corrected chi connectivity index (χ2v) is 6.02. The fourth-order valence-electron chi connectivity index (χ4n) is 2.48. The first-order chi connectivity index (χ1) is 12.2. The molecule has 0 spiro atoms. The van der Waals surface area contributed by atoms with Gasteiger partial charge in [0.05, 0.1) is 17.9 Å². The summed E-state index contributed by atoms with van der Waals surface area (Å²) in [4.78, 5) is 29.1. The fourth-order valence-corrected chi connectivity index (χ4v) is 2.60. The average molecular weight is 388 g/mol. The number of aromatic nitrogens is 2. The van der Waals surface area contributed by atoms with E-state index in [9.17, 15) is 22.8 Å². The molecule has 3 amide bonds. The van der Waals surface area contributed by atoms with Crippen molar-refractivity contribution in [3.8, 4) is 0 Å². The molecule has 7 nitrogen and oxygen atoms in total. The molecule has 3 rings (SSSR count). The van der Waals surface area contributed by atoms with E-state index in [2.05, 4.69) is 25.9 Å². The number of nitrogens with zero attached hydrogens (tertiary/aromatic N) is 1. The predicted molar refractivity (Wildman–Crippen MR) is 85.3 cm³/mol. The van der Waals surface area contributed by atoms with E-state index in [1.165, 1.54) is 0 Å². The second kappa shape index (κ2) is 6.87. The van der Waals surface area contributed by atoms with Gasteiger partial charge in [0.25, 0.3) is 0 Å². The normalized spacial score (nSPS) is 18.2. The Morgan fingerprint density at radius 2 is 2.00 bits per heavy atom. The standard InChI is InChI=1S/C15H13ClF3N5O2/c16-8-3-1-7(2-4-8)11(9-5-20-13(22-9)15(17,18)19)24-12(25)10-6-21-14(26)23-10/h1-5,10-11H,6H2,(H,20,22)(H,24,25)(H2,21,23,26). The van der Waals surface area contributed by atoms with Crippen LogP contribution in [0.25, 0.3) is 0 Å². The highest BCUT2D eigenvalue weighted by molar-refractivity contribution is 6.30. The Labute approximate surface area is 150 Å². The van der Waals surface area contributed by atoms with Crippen molar-refractivity contribution >= 4 is 23.5 Å². The summed E-state index contributed by atoms with van der Waals surface area (Å²) in [6.45, 7) is 0.0782. The summed E-state index contributed by atoms with van der Waals surface area (Å²) in [5, 5.41) is 7.91. The van der Waals surface area contributed by atoms with Crippen molar-refractivity contribution in [3.63, 3.8) is 0 Å². The van der Waals surface area contributed by atoms with Crippen LogP contribution in [0.15, 0.2) is 30.5 Å². The van der Waals surface area contributed by atoms with Crippen LogP contribution < -0.4 is 16.0 Å². The lowest BCUT2D eigenvalue weighted by Crippen LogP contribution is -2.44. The number of amides is 3. The predicted octanol–water partition coefficient (Wildman–Crippen LogP) is 1.97. The number of carbonyl (C=O) groups excluding carboxylic acids is 2. The van der Waals surface area contributed by atoms with E-state index in [0.29, 0.717) is 10.6 Å². The first-order valence-electron chi connectivity index (χ1n) is 7.46. The van der Waals surface area contributed by atoms with Crippen LogP contribution in [0.2, 0.25) is 5.02 Å². The number of halogens is 4. The minimum absolute atomic E-state index is 0.0466. The molecular formula is C15H13ClF3N5O2. The third-order valence-corrected chi connectivity index (χ3v) is 4.01. The number of nitrogens with one attached hydrogen (secondary N) is 4. The third kappa shape index (κ3) is 3.90. The number of alkyl halides is 3. The van der Waals surface area contributed by atoms with Crippen LogP contribution in [0, 0.1) is 0 Å². The second-order valence-electron chi connectivity index (χ2n) is 5.59. The minimum atomic E-state index is -4.64. The van der Waals surface area contributed by atoms with E-state index in [1.807, 2.05) is 0 Å². The molecular weight excluding hydrogens is 375 g/mol. The van der Waals surface area contributed by atoms with Gasteiger partial charge in [0, 0.05) is 11.6 Å². The molecule has 2 heterocycles. The SMILES string of the molecule is O=C1NCC(C(=O)NC(c2ccc(Cl)cc2)c2cnc(C(F)(F)F)[nH]2)N1. The van der Waals surface area contributed by atoms with Crippen molar-refractivity contribution < 1.29 is 22.8 Å². The summed E-state index contributed by atoms with van der Waals surface area (Å²) in [5.41, 5.74) is 0.544. The Kier molecular flexibility index (Phi) is 4.77. The summed E-state index contributed by atoms with van der Waals surface area (Å²) in [6.07, 6.45) is -3.63. The number of hydrogen-bond donors (Lipinski definition) is 4. The van der Waals surface area contributed by atoms with Gasteiger partial charge < -0.3 is 20.9 Å². The van der Waals surface area contributed by atoms with E-state index in [1.54, 1.807) is 24.3 Å². The van der Waals surface area contributed by atoms with Crippen LogP contribution in [0.1, 0.15) is 23.1 Å². The Bertz CT molecular complexity index is 821. The highest BCUT2D eigenvalue weighted by Crippen LogP contribution is 2.29. The number of hydrogen-bond acceptors (Lipinski definition) is 3. The number of aromatic amines is 1. The first-order valence-corrected chi connectivity index (χ1v) is 7.84. The van der Waals surface area contributed by atoms with Crippen LogP contribution in [-0.2, 0) is 11.0 Å². The van der Waals surface area contributed by atoms with Crippen molar-refractivity contribution in [2.45, 2.75) is 18.3 Å². The van der Waals surface area contributed by atoms with Gasteiger partial charge >= 0.3 is 12.2 Å². The molecule has 2 aromatic rings. The van der Waals surface area contributed by atoms with Crippen molar-refractivity contribution in [2.24, 2.45) is 0 Å². The maximum absolute atomic E-state index is 12.8. The summed E-state index contributed by atoms with van der Waals surface area (Å²) >= 11 is 5.84. The molecule has 0 saturated carbocycles. The molecule has 2 atom stereocenters. The molecule has 1 fully saturated rings.